The predicted octanol–water partition coefficient (Wildman–Crippen LogP) is 3.41. The Labute approximate surface area is 178 Å². The van der Waals surface area contributed by atoms with E-state index in [1.807, 2.05) is 0 Å². The molecule has 6 heteroatoms. The molecule has 0 radical (unpaired) electrons. The summed E-state index contributed by atoms with van der Waals surface area (Å²) in [4.78, 5) is 8.85. The lowest BCUT2D eigenvalue weighted by molar-refractivity contribution is -0.122. The Morgan fingerprint density at radius 1 is 1.07 bits per heavy atom. The van der Waals surface area contributed by atoms with Crippen LogP contribution < -0.4 is 11.5 Å². The third-order valence-electron chi connectivity index (χ3n) is 6.29. The molecule has 2 aliphatic heterocycles. The monoisotopic (exact) mass is 407 g/mol. The van der Waals surface area contributed by atoms with E-state index in [2.05, 4.69) is 40.8 Å². The van der Waals surface area contributed by atoms with E-state index in [9.17, 15) is 5.11 Å². The number of unbranched alkanes of at least 4 members (excludes halogenated alkanes) is 6. The molecule has 0 aromatic rings. The molecule has 0 spiro atoms. The van der Waals surface area contributed by atoms with E-state index in [4.69, 9.17) is 11.5 Å². The van der Waals surface area contributed by atoms with Gasteiger partial charge in [0.25, 0.3) is 0 Å². The molecule has 0 aliphatic carbocycles. The second-order valence-corrected chi connectivity index (χ2v) is 9.30. The highest BCUT2D eigenvalue weighted by Gasteiger charge is 2.43. The van der Waals surface area contributed by atoms with Crippen molar-refractivity contribution in [2.24, 2.45) is 22.4 Å². The van der Waals surface area contributed by atoms with E-state index in [0.717, 1.165) is 57.7 Å². The van der Waals surface area contributed by atoms with Crippen molar-refractivity contribution in [1.82, 2.24) is 9.80 Å². The summed E-state index contributed by atoms with van der Waals surface area (Å²) in [5.41, 5.74) is 10.0. The van der Waals surface area contributed by atoms with Crippen LogP contribution in [0.4, 0.5) is 0 Å². The number of hydrogen-bond donors (Lipinski definition) is 3. The Balaban J connectivity index is 1.65. The lowest BCUT2D eigenvalue weighted by Gasteiger charge is -2.45. The molecule has 1 saturated heterocycles. The molecule has 2 unspecified atom stereocenters. The van der Waals surface area contributed by atoms with Gasteiger partial charge in [-0.3, -0.25) is 14.8 Å². The zero-order chi connectivity index (χ0) is 21.1. The number of aliphatic imine (C=N–C) groups is 1. The molecule has 0 saturated carbocycles. The van der Waals surface area contributed by atoms with Crippen molar-refractivity contribution in [3.8, 4) is 0 Å². The van der Waals surface area contributed by atoms with Crippen molar-refractivity contribution in [1.29, 1.82) is 0 Å². The number of fused-ring (bicyclic) bond motifs is 1. The van der Waals surface area contributed by atoms with Crippen molar-refractivity contribution in [2.75, 3.05) is 26.2 Å². The normalized spacial score (nSPS) is 24.9. The van der Waals surface area contributed by atoms with Crippen LogP contribution in [0, 0.1) is 5.92 Å². The quantitative estimate of drug-likeness (QED) is 0.178. The molecule has 0 aromatic heterocycles. The molecule has 2 atom stereocenters. The van der Waals surface area contributed by atoms with Gasteiger partial charge in [-0.05, 0) is 50.6 Å². The molecule has 0 aromatic carbocycles. The van der Waals surface area contributed by atoms with Gasteiger partial charge in [0.15, 0.2) is 5.96 Å². The molecular formula is C23H45N5O. The lowest BCUT2D eigenvalue weighted by atomic mass is 10.0. The van der Waals surface area contributed by atoms with Gasteiger partial charge in [0.05, 0.1) is 6.17 Å². The largest absolute Gasteiger partial charge is 0.372 e. The van der Waals surface area contributed by atoms with Crippen LogP contribution in [-0.2, 0) is 0 Å². The number of nitrogens with zero attached hydrogens (tertiary/aromatic N) is 3. The highest BCUT2D eigenvalue weighted by molar-refractivity contribution is 5.75. The van der Waals surface area contributed by atoms with Crippen LogP contribution in [0.2, 0.25) is 0 Å². The number of rotatable bonds is 14. The second-order valence-electron chi connectivity index (χ2n) is 9.30. The predicted molar refractivity (Wildman–Crippen MR) is 122 cm³/mol. The van der Waals surface area contributed by atoms with Crippen molar-refractivity contribution in [2.45, 2.75) is 96.4 Å². The average molecular weight is 408 g/mol. The van der Waals surface area contributed by atoms with Gasteiger partial charge in [-0.15, -0.1) is 0 Å². The van der Waals surface area contributed by atoms with Crippen LogP contribution in [0.25, 0.3) is 0 Å². The standard InChI is InChI=1S/C23H45N5O/c1-20(2)12-7-5-3-4-6-8-14-23(29)15-13-21-27(18-11-19-28(21)23)17-10-9-16-26-22(24)25/h13,15,20-21,29H,3-12,14,16-19H2,1-2H3,(H4,24,25,26). The van der Waals surface area contributed by atoms with Gasteiger partial charge >= 0.3 is 0 Å². The first kappa shape index (κ1) is 24.2. The summed E-state index contributed by atoms with van der Waals surface area (Å²) < 4.78 is 0. The van der Waals surface area contributed by atoms with E-state index in [1.54, 1.807) is 0 Å². The molecule has 2 heterocycles. The first-order chi connectivity index (χ1) is 13.9. The van der Waals surface area contributed by atoms with E-state index in [1.165, 1.54) is 38.5 Å². The van der Waals surface area contributed by atoms with Gasteiger partial charge in [0.2, 0.25) is 0 Å². The SMILES string of the molecule is CC(C)CCCCCCCCC1(O)C=CC2N(CCCCN=C(N)N)CCCN21. The molecule has 29 heavy (non-hydrogen) atoms. The average Bonchev–Trinajstić information content (AvgIpc) is 3.01. The summed E-state index contributed by atoms with van der Waals surface area (Å²) in [6.07, 6.45) is 17.6. The Hall–Kier alpha value is -1.11. The fraction of sp³-hybridized carbons (Fsp3) is 0.870. The van der Waals surface area contributed by atoms with Gasteiger partial charge in [-0.2, -0.15) is 0 Å². The second kappa shape index (κ2) is 12.6. The van der Waals surface area contributed by atoms with Gasteiger partial charge in [0.1, 0.15) is 5.72 Å². The van der Waals surface area contributed by atoms with Crippen molar-refractivity contribution < 1.29 is 5.11 Å². The highest BCUT2D eigenvalue weighted by Crippen LogP contribution is 2.34. The van der Waals surface area contributed by atoms with Crippen molar-refractivity contribution in [3.05, 3.63) is 12.2 Å². The molecule has 0 amide bonds. The molecule has 0 bridgehead atoms. The molecule has 5 N–H and O–H groups in total. The molecular weight excluding hydrogens is 362 g/mol. The van der Waals surface area contributed by atoms with Gasteiger partial charge < -0.3 is 16.6 Å². The van der Waals surface area contributed by atoms with E-state index < -0.39 is 5.72 Å². The first-order valence-electron chi connectivity index (χ1n) is 11.9. The maximum Gasteiger partial charge on any atom is 0.185 e. The minimum Gasteiger partial charge on any atom is -0.372 e. The Bertz CT molecular complexity index is 517. The molecule has 168 valence electrons. The van der Waals surface area contributed by atoms with Crippen LogP contribution in [-0.4, -0.2) is 58.9 Å². The summed E-state index contributed by atoms with van der Waals surface area (Å²) in [6.45, 7) is 8.41. The zero-order valence-electron chi connectivity index (χ0n) is 18.9. The number of nitrogens with two attached hydrogens (primary N) is 2. The number of guanidine groups is 1. The molecule has 1 fully saturated rings. The molecule has 6 nitrogen and oxygen atoms in total. The van der Waals surface area contributed by atoms with Crippen molar-refractivity contribution in [3.63, 3.8) is 0 Å². The van der Waals surface area contributed by atoms with Gasteiger partial charge in [-0.1, -0.05) is 58.4 Å². The summed E-state index contributed by atoms with van der Waals surface area (Å²) in [5, 5.41) is 11.2. The van der Waals surface area contributed by atoms with Crippen LogP contribution in [0.5, 0.6) is 0 Å². The van der Waals surface area contributed by atoms with Gasteiger partial charge in [0, 0.05) is 19.6 Å². The Kier molecular flexibility index (Phi) is 10.5. The Morgan fingerprint density at radius 3 is 2.52 bits per heavy atom. The minimum absolute atomic E-state index is 0.175. The zero-order valence-corrected chi connectivity index (χ0v) is 18.9. The van der Waals surface area contributed by atoms with Gasteiger partial charge in [-0.25, -0.2) is 0 Å². The smallest absolute Gasteiger partial charge is 0.185 e. The highest BCUT2D eigenvalue weighted by atomic mass is 16.3. The lowest BCUT2D eigenvalue weighted by Crippen LogP contribution is -2.58. The first-order valence-corrected chi connectivity index (χ1v) is 11.9. The van der Waals surface area contributed by atoms with Crippen molar-refractivity contribution >= 4 is 5.96 Å². The maximum absolute atomic E-state index is 11.2. The van der Waals surface area contributed by atoms with Crippen LogP contribution in [0.3, 0.4) is 0 Å². The Morgan fingerprint density at radius 2 is 1.79 bits per heavy atom. The third kappa shape index (κ3) is 8.27. The van der Waals surface area contributed by atoms with Crippen LogP contribution in [0.15, 0.2) is 17.1 Å². The molecule has 2 rings (SSSR count). The summed E-state index contributed by atoms with van der Waals surface area (Å²) >= 11 is 0. The third-order valence-corrected chi connectivity index (χ3v) is 6.29. The summed E-state index contributed by atoms with van der Waals surface area (Å²) in [6, 6.07) is 0. The van der Waals surface area contributed by atoms with E-state index >= 15 is 0 Å². The number of aliphatic hydroxyl groups is 1. The van der Waals surface area contributed by atoms with E-state index in [-0.39, 0.29) is 12.1 Å². The maximum atomic E-state index is 11.2. The fourth-order valence-corrected chi connectivity index (χ4v) is 4.64. The summed E-state index contributed by atoms with van der Waals surface area (Å²) in [5.74, 6) is 1.00. The van der Waals surface area contributed by atoms with Crippen LogP contribution >= 0.6 is 0 Å². The summed E-state index contributed by atoms with van der Waals surface area (Å²) in [7, 11) is 0. The molecule has 2 aliphatic rings. The topological polar surface area (TPSA) is 91.1 Å². The fourth-order valence-electron chi connectivity index (χ4n) is 4.64. The minimum atomic E-state index is -0.751. The number of hydrogen-bond acceptors (Lipinski definition) is 4. The van der Waals surface area contributed by atoms with Crippen LogP contribution in [0.1, 0.15) is 84.5 Å². The van der Waals surface area contributed by atoms with E-state index in [0.29, 0.717) is 6.54 Å².